The molecule has 0 saturated heterocycles. The molecule has 0 spiro atoms. The summed E-state index contributed by atoms with van der Waals surface area (Å²) in [7, 11) is 0. The summed E-state index contributed by atoms with van der Waals surface area (Å²) < 4.78 is 0. The highest BCUT2D eigenvalue weighted by Crippen LogP contribution is 2.16. The van der Waals surface area contributed by atoms with Gasteiger partial charge >= 0.3 is 0 Å². The summed E-state index contributed by atoms with van der Waals surface area (Å²) in [6, 6.07) is 0. The van der Waals surface area contributed by atoms with Crippen molar-refractivity contribution in [2.24, 2.45) is 17.6 Å². The van der Waals surface area contributed by atoms with Crippen molar-refractivity contribution >= 4 is 0 Å². The van der Waals surface area contributed by atoms with Gasteiger partial charge < -0.3 is 5.73 Å². The van der Waals surface area contributed by atoms with Gasteiger partial charge in [0.05, 0.1) is 0 Å². The van der Waals surface area contributed by atoms with Crippen molar-refractivity contribution in [1.82, 2.24) is 0 Å². The van der Waals surface area contributed by atoms with Crippen molar-refractivity contribution in [2.45, 2.75) is 46.5 Å². The minimum absolute atomic E-state index is 0.701. The minimum atomic E-state index is 0.701. The third-order valence-corrected chi connectivity index (χ3v) is 2.61. The fourth-order valence-corrected chi connectivity index (χ4v) is 1.23. The summed E-state index contributed by atoms with van der Waals surface area (Å²) in [6.45, 7) is 7.65. The summed E-state index contributed by atoms with van der Waals surface area (Å²) >= 11 is 0. The maximum Gasteiger partial charge on any atom is -0.00490 e. The zero-order chi connectivity index (χ0) is 8.69. The van der Waals surface area contributed by atoms with Gasteiger partial charge in [0.25, 0.3) is 0 Å². The topological polar surface area (TPSA) is 26.0 Å². The average molecular weight is 157 g/mol. The summed E-state index contributed by atoms with van der Waals surface area (Å²) in [5.74, 6) is 1.51. The van der Waals surface area contributed by atoms with Crippen LogP contribution in [0.4, 0.5) is 0 Å². The molecule has 0 saturated carbocycles. The highest BCUT2D eigenvalue weighted by Gasteiger charge is 2.08. The van der Waals surface area contributed by atoms with Gasteiger partial charge in [-0.1, -0.05) is 46.5 Å². The molecule has 1 nitrogen and oxygen atoms in total. The van der Waals surface area contributed by atoms with Crippen LogP contribution in [0.3, 0.4) is 0 Å². The van der Waals surface area contributed by atoms with E-state index in [9.17, 15) is 0 Å². The van der Waals surface area contributed by atoms with E-state index in [1.54, 1.807) is 0 Å². The first-order chi connectivity index (χ1) is 5.22. The van der Waals surface area contributed by atoms with E-state index in [2.05, 4.69) is 20.8 Å². The molecule has 0 amide bonds. The minimum Gasteiger partial charge on any atom is -0.330 e. The fraction of sp³-hybridized carbons (Fsp3) is 1.00. The molecule has 2 atom stereocenters. The van der Waals surface area contributed by atoms with E-state index in [1.165, 1.54) is 25.7 Å². The van der Waals surface area contributed by atoms with Gasteiger partial charge in [0, 0.05) is 0 Å². The zero-order valence-corrected chi connectivity index (χ0v) is 8.27. The van der Waals surface area contributed by atoms with Crippen molar-refractivity contribution in [2.75, 3.05) is 6.54 Å². The van der Waals surface area contributed by atoms with Gasteiger partial charge in [-0.3, -0.25) is 0 Å². The quantitative estimate of drug-likeness (QED) is 0.589. The number of unbranched alkanes of at least 4 members (excludes halogenated alkanes) is 2. The Morgan fingerprint density at radius 3 is 2.18 bits per heavy atom. The molecule has 1 heteroatoms. The Morgan fingerprint density at radius 2 is 1.73 bits per heavy atom. The zero-order valence-electron chi connectivity index (χ0n) is 8.27. The number of rotatable bonds is 6. The third kappa shape index (κ3) is 5.25. The molecule has 0 aromatic rings. The second-order valence-corrected chi connectivity index (χ2v) is 3.69. The van der Waals surface area contributed by atoms with Gasteiger partial charge in [0.15, 0.2) is 0 Å². The Hall–Kier alpha value is -0.0400. The van der Waals surface area contributed by atoms with Crippen LogP contribution in [0.5, 0.6) is 0 Å². The van der Waals surface area contributed by atoms with Crippen LogP contribution in [-0.4, -0.2) is 6.54 Å². The first kappa shape index (κ1) is 11.0. The number of hydrogen-bond donors (Lipinski definition) is 1. The van der Waals surface area contributed by atoms with Crippen LogP contribution >= 0.6 is 0 Å². The van der Waals surface area contributed by atoms with Gasteiger partial charge in [-0.25, -0.2) is 0 Å². The molecule has 0 heterocycles. The van der Waals surface area contributed by atoms with E-state index >= 15 is 0 Å². The summed E-state index contributed by atoms with van der Waals surface area (Å²) in [5, 5.41) is 0. The Balaban J connectivity index is 3.28. The van der Waals surface area contributed by atoms with Crippen molar-refractivity contribution in [3.63, 3.8) is 0 Å². The molecule has 2 unspecified atom stereocenters. The molecule has 68 valence electrons. The maximum absolute atomic E-state index is 5.58. The first-order valence-electron chi connectivity index (χ1n) is 4.92. The molecule has 0 aliphatic heterocycles. The molecule has 0 aromatic heterocycles. The van der Waals surface area contributed by atoms with Crippen LogP contribution in [0.15, 0.2) is 0 Å². The van der Waals surface area contributed by atoms with Crippen LogP contribution < -0.4 is 5.73 Å². The van der Waals surface area contributed by atoms with Gasteiger partial charge in [0.2, 0.25) is 0 Å². The molecule has 0 aromatic carbocycles. The lowest BCUT2D eigenvalue weighted by Crippen LogP contribution is -2.18. The molecular weight excluding hydrogens is 134 g/mol. The van der Waals surface area contributed by atoms with Crippen molar-refractivity contribution < 1.29 is 0 Å². The second-order valence-electron chi connectivity index (χ2n) is 3.69. The lowest BCUT2D eigenvalue weighted by atomic mass is 9.91. The molecule has 0 radical (unpaired) electrons. The van der Waals surface area contributed by atoms with E-state index in [0.29, 0.717) is 5.92 Å². The highest BCUT2D eigenvalue weighted by molar-refractivity contribution is 4.62. The van der Waals surface area contributed by atoms with Crippen molar-refractivity contribution in [3.8, 4) is 0 Å². The normalized spacial score (nSPS) is 16.4. The summed E-state index contributed by atoms with van der Waals surface area (Å²) in [5.41, 5.74) is 5.58. The number of hydrogen-bond acceptors (Lipinski definition) is 1. The lowest BCUT2D eigenvalue weighted by molar-refractivity contribution is 0.359. The Bertz CT molecular complexity index is 80.9. The SMILES string of the molecule is CCCCCC(C)C(C)CN. The molecule has 0 aliphatic rings. The van der Waals surface area contributed by atoms with E-state index in [4.69, 9.17) is 5.73 Å². The third-order valence-electron chi connectivity index (χ3n) is 2.61. The van der Waals surface area contributed by atoms with Gasteiger partial charge in [-0.15, -0.1) is 0 Å². The monoisotopic (exact) mass is 157 g/mol. The average Bonchev–Trinajstić information content (AvgIpc) is 2.03. The summed E-state index contributed by atoms with van der Waals surface area (Å²) in [4.78, 5) is 0. The largest absolute Gasteiger partial charge is 0.330 e. The Labute approximate surface area is 71.4 Å². The smallest absolute Gasteiger partial charge is 0.00490 e. The molecule has 0 bridgehead atoms. The van der Waals surface area contributed by atoms with Crippen molar-refractivity contribution in [1.29, 1.82) is 0 Å². The molecule has 0 fully saturated rings. The van der Waals surface area contributed by atoms with Crippen LogP contribution in [0, 0.1) is 11.8 Å². The predicted molar refractivity (Wildman–Crippen MR) is 51.5 cm³/mol. The van der Waals surface area contributed by atoms with E-state index in [0.717, 1.165) is 12.5 Å². The molecule has 0 aliphatic carbocycles. The maximum atomic E-state index is 5.58. The van der Waals surface area contributed by atoms with Gasteiger partial charge in [-0.05, 0) is 18.4 Å². The number of nitrogens with two attached hydrogens (primary N) is 1. The highest BCUT2D eigenvalue weighted by atomic mass is 14.5. The van der Waals surface area contributed by atoms with Crippen LogP contribution in [-0.2, 0) is 0 Å². The fourth-order valence-electron chi connectivity index (χ4n) is 1.23. The first-order valence-corrected chi connectivity index (χ1v) is 4.92. The predicted octanol–water partition coefficient (Wildman–Crippen LogP) is 2.80. The lowest BCUT2D eigenvalue weighted by Gasteiger charge is -2.17. The molecule has 11 heavy (non-hydrogen) atoms. The van der Waals surface area contributed by atoms with Gasteiger partial charge in [-0.2, -0.15) is 0 Å². The van der Waals surface area contributed by atoms with Crippen molar-refractivity contribution in [3.05, 3.63) is 0 Å². The van der Waals surface area contributed by atoms with E-state index < -0.39 is 0 Å². The Kier molecular flexibility index (Phi) is 6.63. The van der Waals surface area contributed by atoms with Gasteiger partial charge in [0.1, 0.15) is 0 Å². The van der Waals surface area contributed by atoms with Crippen LogP contribution in [0.25, 0.3) is 0 Å². The van der Waals surface area contributed by atoms with Crippen LogP contribution in [0.1, 0.15) is 46.5 Å². The Morgan fingerprint density at radius 1 is 1.09 bits per heavy atom. The van der Waals surface area contributed by atoms with E-state index in [-0.39, 0.29) is 0 Å². The molecule has 2 N–H and O–H groups in total. The molecular formula is C10H23N. The molecule has 0 rings (SSSR count). The summed E-state index contributed by atoms with van der Waals surface area (Å²) in [6.07, 6.45) is 5.43. The van der Waals surface area contributed by atoms with Crippen LogP contribution in [0.2, 0.25) is 0 Å². The second kappa shape index (κ2) is 6.66. The standard InChI is InChI=1S/C10H23N/c1-4-5-6-7-9(2)10(3)8-11/h9-10H,4-8,11H2,1-3H3. The van der Waals surface area contributed by atoms with E-state index in [1.807, 2.05) is 0 Å².